The molecule has 1 N–H and O–H groups in total. The molecule has 3 rings (SSSR count). The number of para-hydroxylation sites is 2. The number of amides is 2. The van der Waals surface area contributed by atoms with Crippen LogP contribution < -0.4 is 15.0 Å². The first-order valence-electron chi connectivity index (χ1n) is 10.1. The molecule has 0 aromatic heterocycles. The first-order chi connectivity index (χ1) is 14.0. The van der Waals surface area contributed by atoms with Crippen molar-refractivity contribution in [3.63, 3.8) is 0 Å². The number of piperazine rings is 1. The molecule has 2 aromatic carbocycles. The standard InChI is InChI=1S/C23H29N3O3/c1-4-29-21-11-6-5-9-19(21)24-22(27)16-23(28)26-14-12-25(13-15-26)20-10-7-8-17(2)18(20)3/h5-11H,4,12-16H2,1-3H3,(H,24,27). The van der Waals surface area contributed by atoms with Crippen molar-refractivity contribution in [2.75, 3.05) is 43.0 Å². The average molecular weight is 396 g/mol. The van der Waals surface area contributed by atoms with E-state index in [0.29, 0.717) is 31.1 Å². The molecule has 6 heteroatoms. The van der Waals surface area contributed by atoms with Crippen molar-refractivity contribution in [1.82, 2.24) is 4.90 Å². The Balaban J connectivity index is 1.53. The molecule has 2 aromatic rings. The number of hydrogen-bond acceptors (Lipinski definition) is 4. The highest BCUT2D eigenvalue weighted by Crippen LogP contribution is 2.25. The Morgan fingerprint density at radius 3 is 2.45 bits per heavy atom. The predicted molar refractivity (Wildman–Crippen MR) is 116 cm³/mol. The summed E-state index contributed by atoms with van der Waals surface area (Å²) in [6.45, 7) is 9.42. The fourth-order valence-corrected chi connectivity index (χ4v) is 3.57. The number of rotatable bonds is 6. The largest absolute Gasteiger partial charge is 0.492 e. The van der Waals surface area contributed by atoms with Crippen LogP contribution in [0.4, 0.5) is 11.4 Å². The van der Waals surface area contributed by atoms with Gasteiger partial charge in [0.15, 0.2) is 0 Å². The molecule has 0 aliphatic carbocycles. The summed E-state index contributed by atoms with van der Waals surface area (Å²) in [4.78, 5) is 29.0. The molecule has 0 saturated carbocycles. The Morgan fingerprint density at radius 1 is 1.00 bits per heavy atom. The van der Waals surface area contributed by atoms with Gasteiger partial charge in [-0.1, -0.05) is 24.3 Å². The van der Waals surface area contributed by atoms with Crippen molar-refractivity contribution in [3.05, 3.63) is 53.6 Å². The average Bonchev–Trinajstić information content (AvgIpc) is 2.72. The zero-order valence-corrected chi connectivity index (χ0v) is 17.4. The molecular weight excluding hydrogens is 366 g/mol. The van der Waals surface area contributed by atoms with E-state index in [4.69, 9.17) is 4.74 Å². The van der Waals surface area contributed by atoms with Gasteiger partial charge in [-0.05, 0) is 50.1 Å². The first-order valence-corrected chi connectivity index (χ1v) is 10.1. The SMILES string of the molecule is CCOc1ccccc1NC(=O)CC(=O)N1CCN(c2cccc(C)c2C)CC1. The fraction of sp³-hybridized carbons (Fsp3) is 0.391. The molecule has 1 saturated heterocycles. The van der Waals surface area contributed by atoms with Crippen molar-refractivity contribution in [2.45, 2.75) is 27.2 Å². The van der Waals surface area contributed by atoms with Gasteiger partial charge < -0.3 is 19.9 Å². The molecule has 1 aliphatic rings. The van der Waals surface area contributed by atoms with Crippen LogP contribution in [-0.2, 0) is 9.59 Å². The lowest BCUT2D eigenvalue weighted by Gasteiger charge is -2.37. The third kappa shape index (κ3) is 5.08. The first kappa shape index (κ1) is 20.7. The third-order valence-electron chi connectivity index (χ3n) is 5.32. The number of hydrogen-bond donors (Lipinski definition) is 1. The molecule has 0 spiro atoms. The molecule has 6 nitrogen and oxygen atoms in total. The zero-order valence-electron chi connectivity index (χ0n) is 17.4. The van der Waals surface area contributed by atoms with Gasteiger partial charge in [-0.25, -0.2) is 0 Å². The summed E-state index contributed by atoms with van der Waals surface area (Å²) in [5.41, 5.74) is 4.36. The summed E-state index contributed by atoms with van der Waals surface area (Å²) in [5.74, 6) is 0.147. The van der Waals surface area contributed by atoms with E-state index in [1.54, 1.807) is 17.0 Å². The van der Waals surface area contributed by atoms with Gasteiger partial charge in [-0.2, -0.15) is 0 Å². The number of carbonyl (C=O) groups is 2. The molecule has 1 heterocycles. The van der Waals surface area contributed by atoms with E-state index in [2.05, 4.69) is 42.3 Å². The fourth-order valence-electron chi connectivity index (χ4n) is 3.57. The number of nitrogens with one attached hydrogen (secondary N) is 1. The summed E-state index contributed by atoms with van der Waals surface area (Å²) >= 11 is 0. The van der Waals surface area contributed by atoms with E-state index in [1.807, 2.05) is 19.1 Å². The minimum absolute atomic E-state index is 0.142. The van der Waals surface area contributed by atoms with Crippen molar-refractivity contribution >= 4 is 23.2 Å². The van der Waals surface area contributed by atoms with E-state index in [0.717, 1.165) is 13.1 Å². The van der Waals surface area contributed by atoms with E-state index in [9.17, 15) is 9.59 Å². The van der Waals surface area contributed by atoms with Gasteiger partial charge in [-0.3, -0.25) is 9.59 Å². The maximum absolute atomic E-state index is 12.6. The molecular formula is C23H29N3O3. The van der Waals surface area contributed by atoms with Crippen LogP contribution in [-0.4, -0.2) is 49.5 Å². The summed E-state index contributed by atoms with van der Waals surface area (Å²) in [7, 11) is 0. The summed E-state index contributed by atoms with van der Waals surface area (Å²) in [6.07, 6.45) is -0.163. The van der Waals surface area contributed by atoms with Crippen molar-refractivity contribution in [1.29, 1.82) is 0 Å². The number of aryl methyl sites for hydroxylation is 1. The van der Waals surface area contributed by atoms with Gasteiger partial charge in [0.2, 0.25) is 11.8 Å². The van der Waals surface area contributed by atoms with Crippen LogP contribution in [0.1, 0.15) is 24.5 Å². The van der Waals surface area contributed by atoms with E-state index >= 15 is 0 Å². The number of benzene rings is 2. The van der Waals surface area contributed by atoms with Crippen LogP contribution in [0, 0.1) is 13.8 Å². The quantitative estimate of drug-likeness (QED) is 0.762. The normalized spacial score (nSPS) is 13.9. The Morgan fingerprint density at radius 2 is 1.72 bits per heavy atom. The van der Waals surface area contributed by atoms with Crippen LogP contribution in [0.3, 0.4) is 0 Å². The second-order valence-corrected chi connectivity index (χ2v) is 7.24. The lowest BCUT2D eigenvalue weighted by molar-refractivity contribution is -0.134. The minimum atomic E-state index is -0.320. The van der Waals surface area contributed by atoms with Gasteiger partial charge in [0.25, 0.3) is 0 Å². The van der Waals surface area contributed by atoms with Crippen LogP contribution in [0.15, 0.2) is 42.5 Å². The Labute approximate surface area is 172 Å². The monoisotopic (exact) mass is 395 g/mol. The molecule has 1 fully saturated rings. The van der Waals surface area contributed by atoms with E-state index < -0.39 is 0 Å². The van der Waals surface area contributed by atoms with Crippen molar-refractivity contribution in [2.24, 2.45) is 0 Å². The maximum atomic E-state index is 12.6. The highest BCUT2D eigenvalue weighted by molar-refractivity contribution is 6.04. The number of nitrogens with zero attached hydrogens (tertiary/aromatic N) is 2. The highest BCUT2D eigenvalue weighted by Gasteiger charge is 2.24. The number of ether oxygens (including phenoxy) is 1. The lowest BCUT2D eigenvalue weighted by atomic mass is 10.1. The number of anilines is 2. The topological polar surface area (TPSA) is 61.9 Å². The van der Waals surface area contributed by atoms with Gasteiger partial charge in [0.1, 0.15) is 12.2 Å². The molecule has 0 bridgehead atoms. The summed E-state index contributed by atoms with van der Waals surface area (Å²) in [5, 5.41) is 2.79. The highest BCUT2D eigenvalue weighted by atomic mass is 16.5. The maximum Gasteiger partial charge on any atom is 0.233 e. The van der Waals surface area contributed by atoms with Crippen LogP contribution in [0.5, 0.6) is 5.75 Å². The third-order valence-corrected chi connectivity index (χ3v) is 5.32. The molecule has 0 radical (unpaired) electrons. The summed E-state index contributed by atoms with van der Waals surface area (Å²) < 4.78 is 5.52. The Hall–Kier alpha value is -3.02. The molecule has 0 atom stereocenters. The van der Waals surface area contributed by atoms with Crippen LogP contribution >= 0.6 is 0 Å². The predicted octanol–water partition coefficient (Wildman–Crippen LogP) is 3.38. The molecule has 1 aliphatic heterocycles. The van der Waals surface area contributed by atoms with Gasteiger partial charge in [0, 0.05) is 31.9 Å². The molecule has 2 amide bonds. The van der Waals surface area contributed by atoms with Gasteiger partial charge in [0.05, 0.1) is 12.3 Å². The van der Waals surface area contributed by atoms with E-state index in [-0.39, 0.29) is 18.2 Å². The lowest BCUT2D eigenvalue weighted by Crippen LogP contribution is -2.49. The van der Waals surface area contributed by atoms with Crippen molar-refractivity contribution in [3.8, 4) is 5.75 Å². The number of carbonyl (C=O) groups excluding carboxylic acids is 2. The minimum Gasteiger partial charge on any atom is -0.492 e. The van der Waals surface area contributed by atoms with Crippen molar-refractivity contribution < 1.29 is 14.3 Å². The van der Waals surface area contributed by atoms with Gasteiger partial charge >= 0.3 is 0 Å². The Kier molecular flexibility index (Phi) is 6.75. The molecule has 0 unspecified atom stereocenters. The smallest absolute Gasteiger partial charge is 0.233 e. The second-order valence-electron chi connectivity index (χ2n) is 7.24. The van der Waals surface area contributed by atoms with Crippen LogP contribution in [0.25, 0.3) is 0 Å². The summed E-state index contributed by atoms with van der Waals surface area (Å²) in [6, 6.07) is 13.6. The Bertz CT molecular complexity index is 873. The molecule has 29 heavy (non-hydrogen) atoms. The molecule has 154 valence electrons. The second kappa shape index (κ2) is 9.45. The van der Waals surface area contributed by atoms with Crippen LogP contribution in [0.2, 0.25) is 0 Å². The van der Waals surface area contributed by atoms with E-state index in [1.165, 1.54) is 16.8 Å². The van der Waals surface area contributed by atoms with Gasteiger partial charge in [-0.15, -0.1) is 0 Å². The zero-order chi connectivity index (χ0) is 20.8.